The maximum Gasteiger partial charge on any atom is 0.0365 e. The van der Waals surface area contributed by atoms with E-state index < -0.39 is 0 Å². The second-order valence-electron chi connectivity index (χ2n) is 2.92. The van der Waals surface area contributed by atoms with Crippen LogP contribution < -0.4 is 0 Å². The number of hydrogen-bond donors (Lipinski definition) is 0. The average molecular weight is 149 g/mol. The van der Waals surface area contributed by atoms with E-state index in [2.05, 4.69) is 56.2 Å². The summed E-state index contributed by atoms with van der Waals surface area (Å²) < 4.78 is 0. The second-order valence-corrected chi connectivity index (χ2v) is 2.92. The first-order valence-electron chi connectivity index (χ1n) is 4.05. The lowest BCUT2D eigenvalue weighted by atomic mass is 10.2. The van der Waals surface area contributed by atoms with E-state index >= 15 is 0 Å². The summed E-state index contributed by atoms with van der Waals surface area (Å²) in [6.07, 6.45) is 10.5. The van der Waals surface area contributed by atoms with Crippen LogP contribution in [0.5, 0.6) is 0 Å². The van der Waals surface area contributed by atoms with E-state index in [-0.39, 0.29) is 0 Å². The summed E-state index contributed by atoms with van der Waals surface area (Å²) in [6, 6.07) is 0.544. The highest BCUT2D eigenvalue weighted by molar-refractivity contribution is 5.27. The lowest BCUT2D eigenvalue weighted by molar-refractivity contribution is 0.392. The first-order chi connectivity index (χ1) is 5.25. The van der Waals surface area contributed by atoms with Gasteiger partial charge in [-0.3, -0.25) is 0 Å². The summed E-state index contributed by atoms with van der Waals surface area (Å²) >= 11 is 0. The van der Waals surface area contributed by atoms with Crippen molar-refractivity contribution in [3.8, 4) is 0 Å². The summed E-state index contributed by atoms with van der Waals surface area (Å²) in [5, 5.41) is 0. The molecule has 0 saturated heterocycles. The standard InChI is InChI=1S/C10H15N/c1-4-10-7-5-6-8-11(10)9(2)3/h4-9H,1-3H3/b10-4-. The SMILES string of the molecule is C/C=C1/C=CC=CN1C(C)C. The monoisotopic (exact) mass is 149 g/mol. The van der Waals surface area contributed by atoms with Crippen LogP contribution >= 0.6 is 0 Å². The summed E-state index contributed by atoms with van der Waals surface area (Å²) in [5.41, 5.74) is 1.28. The van der Waals surface area contributed by atoms with E-state index in [0.29, 0.717) is 6.04 Å². The summed E-state index contributed by atoms with van der Waals surface area (Å²) in [4.78, 5) is 2.25. The Balaban J connectivity index is 2.80. The maximum absolute atomic E-state index is 2.25. The Morgan fingerprint density at radius 3 is 2.55 bits per heavy atom. The summed E-state index contributed by atoms with van der Waals surface area (Å²) in [5.74, 6) is 0. The fraction of sp³-hybridized carbons (Fsp3) is 0.400. The molecule has 0 spiro atoms. The van der Waals surface area contributed by atoms with Gasteiger partial charge in [0.05, 0.1) is 0 Å². The zero-order valence-electron chi connectivity index (χ0n) is 7.41. The molecule has 1 rings (SSSR count). The lowest BCUT2D eigenvalue weighted by Crippen LogP contribution is -2.24. The van der Waals surface area contributed by atoms with Crippen LogP contribution in [0.15, 0.2) is 36.2 Å². The minimum Gasteiger partial charge on any atom is -0.346 e. The topological polar surface area (TPSA) is 3.24 Å². The van der Waals surface area contributed by atoms with Crippen molar-refractivity contribution < 1.29 is 0 Å². The minimum absolute atomic E-state index is 0.544. The molecule has 0 atom stereocenters. The molecule has 11 heavy (non-hydrogen) atoms. The van der Waals surface area contributed by atoms with Gasteiger partial charge < -0.3 is 4.90 Å². The highest BCUT2D eigenvalue weighted by atomic mass is 15.1. The zero-order valence-corrected chi connectivity index (χ0v) is 7.41. The number of nitrogens with zero attached hydrogens (tertiary/aromatic N) is 1. The van der Waals surface area contributed by atoms with Crippen molar-refractivity contribution in [3.05, 3.63) is 36.2 Å². The first kappa shape index (κ1) is 8.12. The first-order valence-corrected chi connectivity index (χ1v) is 4.05. The van der Waals surface area contributed by atoms with Gasteiger partial charge in [0.25, 0.3) is 0 Å². The van der Waals surface area contributed by atoms with Gasteiger partial charge in [-0.2, -0.15) is 0 Å². The molecule has 0 aromatic rings. The Kier molecular flexibility index (Phi) is 2.53. The molecule has 0 amide bonds. The third-order valence-electron chi connectivity index (χ3n) is 1.78. The van der Waals surface area contributed by atoms with Crippen LogP contribution in [0.3, 0.4) is 0 Å². The van der Waals surface area contributed by atoms with Crippen molar-refractivity contribution in [1.82, 2.24) is 4.90 Å². The predicted octanol–water partition coefficient (Wildman–Crippen LogP) is 2.68. The van der Waals surface area contributed by atoms with Crippen LogP contribution in [0.1, 0.15) is 20.8 Å². The van der Waals surface area contributed by atoms with Crippen LogP contribution in [0, 0.1) is 0 Å². The third kappa shape index (κ3) is 1.73. The van der Waals surface area contributed by atoms with Crippen molar-refractivity contribution >= 4 is 0 Å². The third-order valence-corrected chi connectivity index (χ3v) is 1.78. The Bertz CT molecular complexity index is 209. The normalized spacial score (nSPS) is 20.4. The van der Waals surface area contributed by atoms with Crippen molar-refractivity contribution in [2.45, 2.75) is 26.8 Å². The molecular formula is C10H15N. The molecule has 0 N–H and O–H groups in total. The van der Waals surface area contributed by atoms with Crippen LogP contribution in [0.4, 0.5) is 0 Å². The Morgan fingerprint density at radius 2 is 2.09 bits per heavy atom. The van der Waals surface area contributed by atoms with Gasteiger partial charge in [0, 0.05) is 17.9 Å². The summed E-state index contributed by atoms with van der Waals surface area (Å²) in [7, 11) is 0. The van der Waals surface area contributed by atoms with E-state index in [9.17, 15) is 0 Å². The van der Waals surface area contributed by atoms with Crippen molar-refractivity contribution in [3.63, 3.8) is 0 Å². The van der Waals surface area contributed by atoms with Gasteiger partial charge in [-0.15, -0.1) is 0 Å². The highest BCUT2D eigenvalue weighted by Gasteiger charge is 2.08. The van der Waals surface area contributed by atoms with E-state index in [1.54, 1.807) is 0 Å². The predicted molar refractivity (Wildman–Crippen MR) is 49.0 cm³/mol. The number of allylic oxidation sites excluding steroid dienone is 4. The van der Waals surface area contributed by atoms with E-state index in [0.717, 1.165) is 0 Å². The minimum atomic E-state index is 0.544. The van der Waals surface area contributed by atoms with Gasteiger partial charge in [-0.25, -0.2) is 0 Å². The Hall–Kier alpha value is -0.980. The molecule has 0 saturated carbocycles. The molecule has 1 aliphatic rings. The van der Waals surface area contributed by atoms with E-state index in [1.165, 1.54) is 5.70 Å². The van der Waals surface area contributed by atoms with Crippen molar-refractivity contribution in [1.29, 1.82) is 0 Å². The number of rotatable bonds is 1. The molecule has 0 bridgehead atoms. The fourth-order valence-electron chi connectivity index (χ4n) is 1.18. The van der Waals surface area contributed by atoms with Gasteiger partial charge >= 0.3 is 0 Å². The largest absolute Gasteiger partial charge is 0.346 e. The molecule has 1 heterocycles. The van der Waals surface area contributed by atoms with Crippen molar-refractivity contribution in [2.75, 3.05) is 0 Å². The number of hydrogen-bond acceptors (Lipinski definition) is 1. The molecule has 1 heteroatoms. The van der Waals surface area contributed by atoms with Crippen LogP contribution in [-0.2, 0) is 0 Å². The molecule has 1 aliphatic heterocycles. The van der Waals surface area contributed by atoms with Gasteiger partial charge in [0.2, 0.25) is 0 Å². The zero-order chi connectivity index (χ0) is 8.27. The van der Waals surface area contributed by atoms with E-state index in [1.807, 2.05) is 0 Å². The molecule has 0 fully saturated rings. The second kappa shape index (κ2) is 3.42. The lowest BCUT2D eigenvalue weighted by Gasteiger charge is -2.27. The average Bonchev–Trinajstić information content (AvgIpc) is 2.04. The van der Waals surface area contributed by atoms with Gasteiger partial charge in [-0.05, 0) is 32.9 Å². The fourth-order valence-corrected chi connectivity index (χ4v) is 1.18. The van der Waals surface area contributed by atoms with Crippen LogP contribution in [0.2, 0.25) is 0 Å². The van der Waals surface area contributed by atoms with Gasteiger partial charge in [0.1, 0.15) is 0 Å². The molecule has 0 aliphatic carbocycles. The molecule has 0 unspecified atom stereocenters. The highest BCUT2D eigenvalue weighted by Crippen LogP contribution is 2.14. The molecule has 0 aromatic carbocycles. The van der Waals surface area contributed by atoms with E-state index in [4.69, 9.17) is 0 Å². The molecular weight excluding hydrogens is 134 g/mol. The Labute approximate surface area is 68.7 Å². The molecule has 1 nitrogen and oxygen atoms in total. The molecule has 60 valence electrons. The van der Waals surface area contributed by atoms with Gasteiger partial charge in [-0.1, -0.05) is 12.2 Å². The Morgan fingerprint density at radius 1 is 1.36 bits per heavy atom. The van der Waals surface area contributed by atoms with Crippen LogP contribution in [0.25, 0.3) is 0 Å². The maximum atomic E-state index is 2.25. The quantitative estimate of drug-likeness (QED) is 0.554. The smallest absolute Gasteiger partial charge is 0.0365 e. The van der Waals surface area contributed by atoms with Crippen LogP contribution in [-0.4, -0.2) is 10.9 Å². The van der Waals surface area contributed by atoms with Crippen molar-refractivity contribution in [2.24, 2.45) is 0 Å². The molecule has 0 radical (unpaired) electrons. The summed E-state index contributed by atoms with van der Waals surface area (Å²) in [6.45, 7) is 6.44. The molecule has 0 aromatic heterocycles. The van der Waals surface area contributed by atoms with Gasteiger partial charge in [0.15, 0.2) is 0 Å².